The van der Waals surface area contributed by atoms with Crippen LogP contribution in [0.3, 0.4) is 0 Å². The van der Waals surface area contributed by atoms with Gasteiger partial charge in [0.05, 0.1) is 5.50 Å². The summed E-state index contributed by atoms with van der Waals surface area (Å²) < 4.78 is 25.7. The minimum atomic E-state index is -1.31. The molecular weight excluding hydrogens is 286 g/mol. The molecule has 2 bridgehead atoms. The molecule has 5 rings (SSSR count). The normalized spacial score (nSPS) is 60.6. The second kappa shape index (κ2) is 4.68. The molecular formula is C16H24BFO4. The highest BCUT2D eigenvalue weighted by Crippen LogP contribution is 2.61. The molecule has 122 valence electrons. The maximum atomic E-state index is 13.6. The molecule has 4 saturated heterocycles. The maximum absolute atomic E-state index is 13.6. The average Bonchev–Trinajstić information content (AvgIpc) is 2.71. The van der Waals surface area contributed by atoms with Gasteiger partial charge in [-0.1, -0.05) is 13.8 Å². The van der Waals surface area contributed by atoms with Crippen LogP contribution in [0.1, 0.15) is 46.5 Å². The quantitative estimate of drug-likeness (QED) is 0.551. The van der Waals surface area contributed by atoms with Gasteiger partial charge in [0.2, 0.25) is 5.79 Å². The van der Waals surface area contributed by atoms with Crippen LogP contribution in [0.15, 0.2) is 0 Å². The molecule has 0 amide bonds. The molecule has 8 atom stereocenters. The zero-order valence-electron chi connectivity index (χ0n) is 13.5. The Bertz CT molecular complexity index is 479. The fourth-order valence-corrected chi connectivity index (χ4v) is 5.19. The van der Waals surface area contributed by atoms with Crippen LogP contribution in [-0.2, 0) is 19.2 Å². The van der Waals surface area contributed by atoms with E-state index >= 15 is 0 Å². The molecule has 0 aromatic carbocycles. The van der Waals surface area contributed by atoms with E-state index in [0.717, 1.165) is 25.7 Å². The van der Waals surface area contributed by atoms with E-state index < -0.39 is 29.9 Å². The highest BCUT2D eigenvalue weighted by atomic mass is 19.1. The van der Waals surface area contributed by atoms with Gasteiger partial charge >= 0.3 is 0 Å². The van der Waals surface area contributed by atoms with Crippen LogP contribution in [0.2, 0.25) is 0 Å². The first-order chi connectivity index (χ1) is 10.3. The Morgan fingerprint density at radius 1 is 1.09 bits per heavy atom. The van der Waals surface area contributed by atoms with Gasteiger partial charge in [0, 0.05) is 12.3 Å². The predicted octanol–water partition coefficient (Wildman–Crippen LogP) is 2.70. The molecule has 0 aromatic heterocycles. The van der Waals surface area contributed by atoms with Gasteiger partial charge in [-0.15, -0.1) is 0 Å². The molecule has 5 fully saturated rings. The molecule has 0 unspecified atom stereocenters. The Labute approximate surface area is 132 Å². The number of hydrogen-bond acceptors (Lipinski definition) is 4. The third kappa shape index (κ3) is 1.78. The van der Waals surface area contributed by atoms with Gasteiger partial charge in [0.1, 0.15) is 14.5 Å². The third-order valence-corrected chi connectivity index (χ3v) is 6.69. The summed E-state index contributed by atoms with van der Waals surface area (Å²) in [5.41, 5.74) is -1.97. The first-order valence-electron chi connectivity index (χ1n) is 8.42. The molecule has 1 saturated carbocycles. The lowest BCUT2D eigenvalue weighted by molar-refractivity contribution is -0.573. The van der Waals surface area contributed by atoms with Crippen molar-refractivity contribution in [3.05, 3.63) is 0 Å². The van der Waals surface area contributed by atoms with Crippen molar-refractivity contribution in [2.45, 2.75) is 69.6 Å². The first kappa shape index (κ1) is 15.4. The summed E-state index contributed by atoms with van der Waals surface area (Å²) >= 11 is 0. The molecule has 22 heavy (non-hydrogen) atoms. The lowest BCUT2D eigenvalue weighted by Crippen LogP contribution is -2.73. The highest BCUT2D eigenvalue weighted by molar-refractivity contribution is 6.15. The van der Waals surface area contributed by atoms with Crippen LogP contribution >= 0.6 is 0 Å². The third-order valence-electron chi connectivity index (χ3n) is 6.69. The molecule has 5 aliphatic rings. The summed E-state index contributed by atoms with van der Waals surface area (Å²) in [7, 11) is 6.23. The molecule has 6 heteroatoms. The monoisotopic (exact) mass is 310 g/mol. The number of alkyl halides is 1. The minimum absolute atomic E-state index is 0.0795. The average molecular weight is 310 g/mol. The summed E-state index contributed by atoms with van der Waals surface area (Å²) in [5.74, 6) is -0.130. The lowest BCUT2D eigenvalue weighted by atomic mass is 9.52. The van der Waals surface area contributed by atoms with Crippen LogP contribution in [0, 0.1) is 23.7 Å². The van der Waals surface area contributed by atoms with Crippen LogP contribution in [0.4, 0.5) is 4.39 Å². The topological polar surface area (TPSA) is 36.9 Å². The minimum Gasteiger partial charge on any atom is -0.350 e. The van der Waals surface area contributed by atoms with Crippen molar-refractivity contribution in [2.75, 3.05) is 6.67 Å². The summed E-state index contributed by atoms with van der Waals surface area (Å²) in [6.07, 6.45) is 3.08. The van der Waals surface area contributed by atoms with Gasteiger partial charge in [-0.25, -0.2) is 14.2 Å². The molecule has 4 nitrogen and oxygen atoms in total. The van der Waals surface area contributed by atoms with Gasteiger partial charge < -0.3 is 9.47 Å². The van der Waals surface area contributed by atoms with E-state index in [0.29, 0.717) is 5.92 Å². The molecule has 4 heterocycles. The Morgan fingerprint density at radius 3 is 2.59 bits per heavy atom. The second-order valence-corrected chi connectivity index (χ2v) is 7.91. The van der Waals surface area contributed by atoms with E-state index in [-0.39, 0.29) is 17.8 Å². The number of ether oxygens (including phenoxy) is 2. The fraction of sp³-hybridized carbons (Fsp3) is 1.00. The SMILES string of the molecule is [B][C@@]1(CF)O[C@@H]2O[C@]3(C)CC[C@H]4[C@H](C)CC[C@@H]([C@H]1C)[C@@]24OO3. The number of hydrogen-bond donors (Lipinski definition) is 0. The zero-order chi connectivity index (χ0) is 15.8. The maximum Gasteiger partial charge on any atom is 0.201 e. The van der Waals surface area contributed by atoms with Crippen LogP contribution in [0.5, 0.6) is 0 Å². The first-order valence-corrected chi connectivity index (χ1v) is 8.42. The van der Waals surface area contributed by atoms with Gasteiger partial charge in [-0.2, -0.15) is 0 Å². The number of rotatable bonds is 1. The molecule has 0 aromatic rings. The smallest absolute Gasteiger partial charge is 0.201 e. The summed E-state index contributed by atoms with van der Waals surface area (Å²) in [5, 5.41) is 0. The van der Waals surface area contributed by atoms with E-state index in [2.05, 4.69) is 6.92 Å². The van der Waals surface area contributed by atoms with Gasteiger partial charge in [-0.3, -0.25) is 0 Å². The molecule has 2 radical (unpaired) electrons. The largest absolute Gasteiger partial charge is 0.350 e. The van der Waals surface area contributed by atoms with E-state index in [1.807, 2.05) is 13.8 Å². The predicted molar refractivity (Wildman–Crippen MR) is 77.5 cm³/mol. The van der Waals surface area contributed by atoms with Crippen LogP contribution in [0.25, 0.3) is 0 Å². The fourth-order valence-electron chi connectivity index (χ4n) is 5.19. The Balaban J connectivity index is 1.82. The second-order valence-electron chi connectivity index (χ2n) is 7.91. The number of fused-ring (bicyclic) bond motifs is 2. The van der Waals surface area contributed by atoms with Crippen molar-refractivity contribution in [3.8, 4) is 0 Å². The van der Waals surface area contributed by atoms with E-state index in [4.69, 9.17) is 27.1 Å². The van der Waals surface area contributed by atoms with Crippen molar-refractivity contribution in [1.29, 1.82) is 0 Å². The van der Waals surface area contributed by atoms with Crippen molar-refractivity contribution in [2.24, 2.45) is 23.7 Å². The van der Waals surface area contributed by atoms with E-state index in [1.54, 1.807) is 0 Å². The Morgan fingerprint density at radius 2 is 1.86 bits per heavy atom. The highest BCUT2D eigenvalue weighted by Gasteiger charge is 2.70. The summed E-state index contributed by atoms with van der Waals surface area (Å²) in [6, 6.07) is 0. The van der Waals surface area contributed by atoms with E-state index in [9.17, 15) is 4.39 Å². The van der Waals surface area contributed by atoms with Gasteiger partial charge in [0.25, 0.3) is 0 Å². The van der Waals surface area contributed by atoms with Crippen molar-refractivity contribution in [1.82, 2.24) is 0 Å². The van der Waals surface area contributed by atoms with Gasteiger partial charge in [-0.05, 0) is 43.9 Å². The van der Waals surface area contributed by atoms with Crippen molar-refractivity contribution < 1.29 is 23.6 Å². The standard InChI is InChI=1S/C16H24BFO4/c1-9-4-5-12-10(2)15(17,8-18)20-13-16(12)11(9)6-7-14(3,19-13)21-22-16/h9-13H,4-8H2,1-3H3/t9-,10-,11+,12+,13+,14+,15+,16-/m1/s1. The van der Waals surface area contributed by atoms with Gasteiger partial charge in [0.15, 0.2) is 11.9 Å². The van der Waals surface area contributed by atoms with Crippen LogP contribution < -0.4 is 0 Å². The Kier molecular flexibility index (Phi) is 3.27. The molecule has 1 aliphatic carbocycles. The molecule has 0 N–H and O–H groups in total. The lowest BCUT2D eigenvalue weighted by Gasteiger charge is -2.62. The van der Waals surface area contributed by atoms with Crippen molar-refractivity contribution >= 4 is 7.85 Å². The summed E-state index contributed by atoms with van der Waals surface area (Å²) in [4.78, 5) is 11.7. The molecule has 1 spiro atoms. The van der Waals surface area contributed by atoms with Crippen molar-refractivity contribution in [3.63, 3.8) is 0 Å². The number of halogens is 1. The Hall–Kier alpha value is -0.165. The summed E-state index contributed by atoms with van der Waals surface area (Å²) in [6.45, 7) is 5.34. The van der Waals surface area contributed by atoms with E-state index in [1.165, 1.54) is 0 Å². The molecule has 4 aliphatic heterocycles. The zero-order valence-corrected chi connectivity index (χ0v) is 13.5. The van der Waals surface area contributed by atoms with Crippen LogP contribution in [-0.4, -0.2) is 37.7 Å².